The minimum absolute atomic E-state index is 0.00907. The van der Waals surface area contributed by atoms with E-state index in [1.807, 2.05) is 24.3 Å². The summed E-state index contributed by atoms with van der Waals surface area (Å²) < 4.78 is 33.8. The Balaban J connectivity index is 1.60. The normalized spacial score (nSPS) is 21.6. The molecule has 1 aromatic heterocycles. The molecule has 1 aliphatic rings. The zero-order valence-corrected chi connectivity index (χ0v) is 14.3. The lowest BCUT2D eigenvalue weighted by Gasteiger charge is -2.22. The molecule has 7 heteroatoms. The van der Waals surface area contributed by atoms with E-state index in [1.54, 1.807) is 7.11 Å². The molecule has 1 N–H and O–H groups in total. The summed E-state index contributed by atoms with van der Waals surface area (Å²) >= 11 is -1.19. The quantitative estimate of drug-likeness (QED) is 0.812. The summed E-state index contributed by atoms with van der Waals surface area (Å²) in [5.74, 6) is 0.935. The lowest BCUT2D eigenvalue weighted by atomic mass is 10.1. The second kappa shape index (κ2) is 7.92. The van der Waals surface area contributed by atoms with Gasteiger partial charge in [-0.1, -0.05) is 12.1 Å². The van der Waals surface area contributed by atoms with Crippen molar-refractivity contribution in [2.75, 3.05) is 7.11 Å². The van der Waals surface area contributed by atoms with E-state index in [0.29, 0.717) is 12.4 Å². The first-order valence-corrected chi connectivity index (χ1v) is 9.13. The van der Waals surface area contributed by atoms with Gasteiger partial charge in [0.25, 0.3) is 0 Å². The number of nitrogens with zero attached hydrogens (tertiary/aromatic N) is 2. The number of methoxy groups -OCH3 is 1. The Morgan fingerprint density at radius 3 is 2.62 bits per heavy atom. The maximum Gasteiger partial charge on any atom is 0.159 e. The van der Waals surface area contributed by atoms with Gasteiger partial charge in [-0.2, -0.15) is 0 Å². The molecule has 128 valence electrons. The van der Waals surface area contributed by atoms with Gasteiger partial charge >= 0.3 is 0 Å². The van der Waals surface area contributed by atoms with Crippen LogP contribution < -0.4 is 9.46 Å². The molecule has 1 fully saturated rings. The van der Waals surface area contributed by atoms with Crippen molar-refractivity contribution >= 4 is 11.4 Å². The van der Waals surface area contributed by atoms with Crippen molar-refractivity contribution in [1.29, 1.82) is 0 Å². The van der Waals surface area contributed by atoms with Crippen molar-refractivity contribution in [2.45, 2.75) is 37.0 Å². The fourth-order valence-corrected chi connectivity index (χ4v) is 4.46. The van der Waals surface area contributed by atoms with E-state index in [9.17, 15) is 8.94 Å². The van der Waals surface area contributed by atoms with Gasteiger partial charge in [-0.15, -0.1) is 4.72 Å². The minimum Gasteiger partial charge on any atom is -0.598 e. The standard InChI is InChI=1S/C17H20FN3O2S/c1-23-14-7-5-12(6-8-14)9-21-24(22)16-4-2-3-15(16)17-19-10-13(18)11-20-17/h5-8,10-11,15-16,21H,2-4,9H2,1H3. The summed E-state index contributed by atoms with van der Waals surface area (Å²) in [7, 11) is 1.63. The predicted molar refractivity (Wildman–Crippen MR) is 90.3 cm³/mol. The molecule has 24 heavy (non-hydrogen) atoms. The van der Waals surface area contributed by atoms with Gasteiger partial charge in [0.05, 0.1) is 32.0 Å². The van der Waals surface area contributed by atoms with E-state index in [0.717, 1.165) is 30.6 Å². The van der Waals surface area contributed by atoms with Crippen LogP contribution in [0.3, 0.4) is 0 Å². The van der Waals surface area contributed by atoms with Gasteiger partial charge in [0.1, 0.15) is 16.8 Å². The molecule has 0 spiro atoms. The molecule has 3 unspecified atom stereocenters. The van der Waals surface area contributed by atoms with Crippen LogP contribution in [0.2, 0.25) is 0 Å². The average Bonchev–Trinajstić information content (AvgIpc) is 3.10. The van der Waals surface area contributed by atoms with Crippen LogP contribution in [-0.4, -0.2) is 26.9 Å². The highest BCUT2D eigenvalue weighted by atomic mass is 32.2. The summed E-state index contributed by atoms with van der Waals surface area (Å²) in [6, 6.07) is 7.64. The maximum absolute atomic E-state index is 13.0. The third-order valence-electron chi connectivity index (χ3n) is 4.28. The predicted octanol–water partition coefficient (Wildman–Crippen LogP) is 2.71. The largest absolute Gasteiger partial charge is 0.598 e. The zero-order valence-electron chi connectivity index (χ0n) is 13.4. The Kier molecular flexibility index (Phi) is 5.65. The van der Waals surface area contributed by atoms with Gasteiger partial charge in [0, 0.05) is 11.4 Å². The van der Waals surface area contributed by atoms with Crippen LogP contribution in [0.25, 0.3) is 0 Å². The molecule has 3 rings (SSSR count). The number of halogens is 1. The van der Waals surface area contributed by atoms with E-state index in [-0.39, 0.29) is 11.2 Å². The number of benzene rings is 1. The molecular weight excluding hydrogens is 329 g/mol. The third kappa shape index (κ3) is 4.03. The molecule has 0 radical (unpaired) electrons. The van der Waals surface area contributed by atoms with E-state index in [2.05, 4.69) is 14.7 Å². The third-order valence-corrected chi connectivity index (χ3v) is 5.82. The summed E-state index contributed by atoms with van der Waals surface area (Å²) in [6.45, 7) is 0.518. The van der Waals surface area contributed by atoms with Crippen LogP contribution in [0, 0.1) is 5.82 Å². The Morgan fingerprint density at radius 1 is 1.25 bits per heavy atom. The molecule has 1 heterocycles. The molecule has 5 nitrogen and oxygen atoms in total. The summed E-state index contributed by atoms with van der Waals surface area (Å²) in [6.07, 6.45) is 5.06. The van der Waals surface area contributed by atoms with Crippen LogP contribution in [0.1, 0.15) is 36.6 Å². The average molecular weight is 349 g/mol. The molecule has 0 amide bonds. The summed E-state index contributed by atoms with van der Waals surface area (Å²) in [4.78, 5) is 8.14. The van der Waals surface area contributed by atoms with Gasteiger partial charge < -0.3 is 9.29 Å². The SMILES string of the molecule is COc1ccc(CN[S+]([O-])C2CCCC2c2ncc(F)cn2)cc1. The van der Waals surface area contributed by atoms with E-state index in [1.165, 1.54) is 12.4 Å². The van der Waals surface area contributed by atoms with Crippen molar-refractivity contribution in [3.8, 4) is 5.75 Å². The van der Waals surface area contributed by atoms with Crippen LogP contribution in [0.5, 0.6) is 5.75 Å². The lowest BCUT2D eigenvalue weighted by Crippen LogP contribution is -2.36. The van der Waals surface area contributed by atoms with Crippen LogP contribution in [0.4, 0.5) is 4.39 Å². The number of hydrogen-bond acceptors (Lipinski definition) is 5. The molecule has 2 aromatic rings. The first-order chi connectivity index (χ1) is 11.7. The van der Waals surface area contributed by atoms with Crippen LogP contribution in [0.15, 0.2) is 36.7 Å². The second-order valence-corrected chi connectivity index (χ2v) is 7.29. The lowest BCUT2D eigenvalue weighted by molar-refractivity contribution is 0.414. The number of rotatable bonds is 6. The molecule has 1 saturated carbocycles. The summed E-state index contributed by atoms with van der Waals surface area (Å²) in [5.41, 5.74) is 1.04. The Morgan fingerprint density at radius 2 is 1.96 bits per heavy atom. The molecule has 1 aromatic carbocycles. The molecule has 0 saturated heterocycles. The monoisotopic (exact) mass is 349 g/mol. The molecule has 1 aliphatic carbocycles. The van der Waals surface area contributed by atoms with E-state index in [4.69, 9.17) is 4.74 Å². The first kappa shape index (κ1) is 17.1. The first-order valence-electron chi connectivity index (χ1n) is 7.92. The van der Waals surface area contributed by atoms with Crippen molar-refractivity contribution in [3.05, 3.63) is 53.9 Å². The van der Waals surface area contributed by atoms with Crippen molar-refractivity contribution in [3.63, 3.8) is 0 Å². The number of nitrogens with one attached hydrogen (secondary N) is 1. The van der Waals surface area contributed by atoms with Crippen LogP contribution in [-0.2, 0) is 17.9 Å². The van der Waals surface area contributed by atoms with Crippen LogP contribution >= 0.6 is 0 Å². The highest BCUT2D eigenvalue weighted by Crippen LogP contribution is 2.36. The van der Waals surface area contributed by atoms with Gasteiger partial charge in [0.15, 0.2) is 5.82 Å². The summed E-state index contributed by atoms with van der Waals surface area (Å²) in [5, 5.41) is -0.0475. The van der Waals surface area contributed by atoms with E-state index >= 15 is 0 Å². The Hall–Kier alpha value is -1.70. The Bertz CT molecular complexity index is 654. The molecule has 0 bridgehead atoms. The highest BCUT2D eigenvalue weighted by molar-refractivity contribution is 7.90. The van der Waals surface area contributed by atoms with Crippen molar-refractivity contribution in [1.82, 2.24) is 14.7 Å². The van der Waals surface area contributed by atoms with Gasteiger partial charge in [-0.3, -0.25) is 0 Å². The smallest absolute Gasteiger partial charge is 0.159 e. The van der Waals surface area contributed by atoms with Gasteiger partial charge in [0.2, 0.25) is 0 Å². The fourth-order valence-electron chi connectivity index (χ4n) is 3.00. The zero-order chi connectivity index (χ0) is 16.9. The van der Waals surface area contributed by atoms with E-state index < -0.39 is 17.2 Å². The number of hydrogen-bond donors (Lipinski definition) is 1. The van der Waals surface area contributed by atoms with Gasteiger partial charge in [-0.05, 0) is 37.0 Å². The minimum atomic E-state index is -1.19. The van der Waals surface area contributed by atoms with Gasteiger partial charge in [-0.25, -0.2) is 14.4 Å². The maximum atomic E-state index is 13.0. The fraction of sp³-hybridized carbons (Fsp3) is 0.412. The number of ether oxygens (including phenoxy) is 1. The van der Waals surface area contributed by atoms with Crippen molar-refractivity contribution in [2.24, 2.45) is 0 Å². The molecular formula is C17H20FN3O2S. The topological polar surface area (TPSA) is 70.1 Å². The highest BCUT2D eigenvalue weighted by Gasteiger charge is 2.39. The molecule has 0 aliphatic heterocycles. The van der Waals surface area contributed by atoms with Crippen molar-refractivity contribution < 1.29 is 13.7 Å². The second-order valence-electron chi connectivity index (χ2n) is 5.80. The molecule has 3 atom stereocenters. The Labute approximate surface area is 144 Å². The number of aromatic nitrogens is 2.